The fourth-order valence-electron chi connectivity index (χ4n) is 4.08. The van der Waals surface area contributed by atoms with Gasteiger partial charge in [0.15, 0.2) is 11.4 Å². The number of rotatable bonds is 5. The van der Waals surface area contributed by atoms with E-state index in [1.807, 2.05) is 0 Å². The lowest BCUT2D eigenvalue weighted by molar-refractivity contribution is 0.291. The highest BCUT2D eigenvalue weighted by atomic mass is 32.2. The lowest BCUT2D eigenvalue weighted by atomic mass is 9.85. The molecule has 30 heavy (non-hydrogen) atoms. The minimum absolute atomic E-state index is 0.111. The van der Waals surface area contributed by atoms with Gasteiger partial charge in [0.2, 0.25) is 15.9 Å². The molecule has 1 saturated heterocycles. The third kappa shape index (κ3) is 3.47. The average molecular weight is 433 g/mol. The highest BCUT2D eigenvalue weighted by Crippen LogP contribution is 2.35. The maximum atomic E-state index is 13.0. The summed E-state index contributed by atoms with van der Waals surface area (Å²) in [5.74, 6) is 0.756. The predicted molar refractivity (Wildman–Crippen MR) is 108 cm³/mol. The van der Waals surface area contributed by atoms with Crippen molar-refractivity contribution in [2.45, 2.75) is 62.3 Å². The largest absolute Gasteiger partial charge is 0.420 e. The molecule has 1 saturated carbocycles. The molecule has 9 nitrogen and oxygen atoms in total. The number of nitrogens with zero attached hydrogens (tertiary/aromatic N) is 4. The zero-order valence-corrected chi connectivity index (χ0v) is 17.4. The molecule has 5 rings (SSSR count). The maximum Gasteiger partial charge on any atom is 0.420 e. The topological polar surface area (TPSA) is 111 Å². The molecule has 0 unspecified atom stereocenters. The van der Waals surface area contributed by atoms with E-state index in [-0.39, 0.29) is 17.0 Å². The van der Waals surface area contributed by atoms with Crippen molar-refractivity contribution in [3.63, 3.8) is 0 Å². The van der Waals surface area contributed by atoms with E-state index < -0.39 is 15.8 Å². The van der Waals surface area contributed by atoms with Crippen LogP contribution in [0, 0.1) is 0 Å². The number of oxazole rings is 1. The number of aromatic nitrogens is 3. The Hall–Kier alpha value is -2.46. The molecule has 1 aliphatic heterocycles. The zero-order chi connectivity index (χ0) is 20.7. The molecule has 10 heteroatoms. The zero-order valence-electron chi connectivity index (χ0n) is 16.6. The van der Waals surface area contributed by atoms with Gasteiger partial charge < -0.3 is 8.94 Å². The third-order valence-corrected chi connectivity index (χ3v) is 7.97. The Morgan fingerprint density at radius 3 is 2.53 bits per heavy atom. The molecule has 0 amide bonds. The van der Waals surface area contributed by atoms with Crippen LogP contribution in [0.3, 0.4) is 0 Å². The SMILES string of the molecule is O=c1oc2cc(S(=O)(=O)N3CCCCCC3)ccc2n1Cc1noc(C2CCC2)n1. The second kappa shape index (κ2) is 7.66. The van der Waals surface area contributed by atoms with Crippen LogP contribution in [-0.4, -0.2) is 40.5 Å². The molecule has 0 spiro atoms. The van der Waals surface area contributed by atoms with Gasteiger partial charge in [-0.15, -0.1) is 0 Å². The molecule has 0 N–H and O–H groups in total. The summed E-state index contributed by atoms with van der Waals surface area (Å²) in [6.45, 7) is 1.15. The van der Waals surface area contributed by atoms with Crippen LogP contribution >= 0.6 is 0 Å². The molecular weight excluding hydrogens is 408 g/mol. The molecule has 1 aromatic carbocycles. The van der Waals surface area contributed by atoms with Crippen molar-refractivity contribution < 1.29 is 17.4 Å². The molecule has 3 aromatic rings. The summed E-state index contributed by atoms with van der Waals surface area (Å²) in [6.07, 6.45) is 7.06. The first kappa shape index (κ1) is 19.5. The van der Waals surface area contributed by atoms with Crippen molar-refractivity contribution in [2.24, 2.45) is 0 Å². The van der Waals surface area contributed by atoms with Crippen molar-refractivity contribution in [1.82, 2.24) is 19.0 Å². The summed E-state index contributed by atoms with van der Waals surface area (Å²) < 4.78 is 39.7. The summed E-state index contributed by atoms with van der Waals surface area (Å²) in [5.41, 5.74) is 0.739. The monoisotopic (exact) mass is 432 g/mol. The lowest BCUT2D eigenvalue weighted by Crippen LogP contribution is -2.31. The Balaban J connectivity index is 1.43. The van der Waals surface area contributed by atoms with Crippen molar-refractivity contribution in [3.05, 3.63) is 40.5 Å². The Bertz CT molecular complexity index is 1210. The number of hydrogen-bond acceptors (Lipinski definition) is 7. The van der Waals surface area contributed by atoms with E-state index in [0.29, 0.717) is 36.2 Å². The van der Waals surface area contributed by atoms with Crippen molar-refractivity contribution in [3.8, 4) is 0 Å². The summed E-state index contributed by atoms with van der Waals surface area (Å²) in [6, 6.07) is 4.57. The van der Waals surface area contributed by atoms with Crippen LogP contribution in [0.15, 0.2) is 36.8 Å². The van der Waals surface area contributed by atoms with Crippen molar-refractivity contribution in [2.75, 3.05) is 13.1 Å². The van der Waals surface area contributed by atoms with E-state index in [0.717, 1.165) is 44.9 Å². The Morgan fingerprint density at radius 1 is 1.07 bits per heavy atom. The van der Waals surface area contributed by atoms with Crippen LogP contribution < -0.4 is 5.76 Å². The van der Waals surface area contributed by atoms with Crippen LogP contribution in [-0.2, 0) is 16.6 Å². The fourth-order valence-corrected chi connectivity index (χ4v) is 5.62. The number of fused-ring (bicyclic) bond motifs is 1. The number of hydrogen-bond donors (Lipinski definition) is 0. The van der Waals surface area contributed by atoms with E-state index >= 15 is 0 Å². The molecule has 0 radical (unpaired) electrons. The highest BCUT2D eigenvalue weighted by molar-refractivity contribution is 7.89. The van der Waals surface area contributed by atoms with Crippen LogP contribution in [0.2, 0.25) is 0 Å². The molecular formula is C20H24N4O5S. The van der Waals surface area contributed by atoms with Gasteiger partial charge in [-0.3, -0.25) is 4.57 Å². The number of benzene rings is 1. The first-order valence-electron chi connectivity index (χ1n) is 10.5. The minimum atomic E-state index is -3.62. The van der Waals surface area contributed by atoms with Gasteiger partial charge in [0, 0.05) is 25.1 Å². The Labute approximate surface area is 173 Å². The van der Waals surface area contributed by atoms with Crippen LogP contribution in [0.1, 0.15) is 62.6 Å². The minimum Gasteiger partial charge on any atom is -0.408 e. The quantitative estimate of drug-likeness (QED) is 0.609. The van der Waals surface area contributed by atoms with Crippen molar-refractivity contribution >= 4 is 21.1 Å². The van der Waals surface area contributed by atoms with Gasteiger partial charge >= 0.3 is 5.76 Å². The molecule has 3 heterocycles. The van der Waals surface area contributed by atoms with Gasteiger partial charge in [0.25, 0.3) is 0 Å². The van der Waals surface area contributed by atoms with E-state index in [9.17, 15) is 13.2 Å². The molecule has 1 aliphatic carbocycles. The van der Waals surface area contributed by atoms with Gasteiger partial charge in [-0.2, -0.15) is 9.29 Å². The molecule has 160 valence electrons. The first-order chi connectivity index (χ1) is 14.5. The normalized spacial score (nSPS) is 19.1. The fraction of sp³-hybridized carbons (Fsp3) is 0.550. The van der Waals surface area contributed by atoms with E-state index in [1.54, 1.807) is 6.07 Å². The highest BCUT2D eigenvalue weighted by Gasteiger charge is 2.27. The third-order valence-electron chi connectivity index (χ3n) is 6.08. The number of sulfonamides is 1. The van der Waals surface area contributed by atoms with Crippen molar-refractivity contribution in [1.29, 1.82) is 0 Å². The molecule has 0 bridgehead atoms. The Morgan fingerprint density at radius 2 is 1.83 bits per heavy atom. The first-order valence-corrected chi connectivity index (χ1v) is 11.9. The standard InChI is InChI=1S/C20H24N4O5S/c25-20-24(13-18-21-19(29-22-18)14-6-5-7-14)16-9-8-15(12-17(16)28-20)30(26,27)23-10-3-1-2-4-11-23/h8-9,12,14H,1-7,10-11,13H2. The smallest absolute Gasteiger partial charge is 0.408 e. The maximum absolute atomic E-state index is 13.0. The lowest BCUT2D eigenvalue weighted by Gasteiger charge is -2.20. The molecule has 2 aromatic heterocycles. The van der Waals surface area contributed by atoms with Gasteiger partial charge in [-0.25, -0.2) is 13.2 Å². The summed E-state index contributed by atoms with van der Waals surface area (Å²) in [7, 11) is -3.62. The summed E-state index contributed by atoms with van der Waals surface area (Å²) >= 11 is 0. The Kier molecular flexibility index (Phi) is 4.98. The summed E-state index contributed by atoms with van der Waals surface area (Å²) in [4.78, 5) is 17.0. The molecule has 0 atom stereocenters. The molecule has 2 fully saturated rings. The molecule has 2 aliphatic rings. The van der Waals surface area contributed by atoms with Gasteiger partial charge in [-0.1, -0.05) is 24.4 Å². The van der Waals surface area contributed by atoms with Crippen LogP contribution in [0.25, 0.3) is 11.1 Å². The summed E-state index contributed by atoms with van der Waals surface area (Å²) in [5, 5.41) is 3.98. The average Bonchev–Trinajstić information content (AvgIpc) is 3.12. The second-order valence-corrected chi connectivity index (χ2v) is 10.0. The van der Waals surface area contributed by atoms with Gasteiger partial charge in [-0.05, 0) is 37.8 Å². The predicted octanol–water partition coefficient (Wildman–Crippen LogP) is 2.86. The van der Waals surface area contributed by atoms with E-state index in [1.165, 1.54) is 21.0 Å². The van der Waals surface area contributed by atoms with Gasteiger partial charge in [0.05, 0.1) is 17.0 Å². The van der Waals surface area contributed by atoms with E-state index in [4.69, 9.17) is 8.94 Å². The van der Waals surface area contributed by atoms with Gasteiger partial charge in [0.1, 0.15) is 0 Å². The van der Waals surface area contributed by atoms with Crippen LogP contribution in [0.5, 0.6) is 0 Å². The second-order valence-electron chi connectivity index (χ2n) is 8.08. The van der Waals surface area contributed by atoms with Crippen LogP contribution in [0.4, 0.5) is 0 Å². The van der Waals surface area contributed by atoms with E-state index in [2.05, 4.69) is 10.1 Å².